The first kappa shape index (κ1) is 8.40. The number of rotatable bonds is 1. The Balaban J connectivity index is 2.43. The molecule has 1 aliphatic heterocycles. The third-order valence-corrected chi connectivity index (χ3v) is 6.47. The fourth-order valence-corrected chi connectivity index (χ4v) is 5.43. The van der Waals surface area contributed by atoms with Gasteiger partial charge in [0.25, 0.3) is 0 Å². The van der Waals surface area contributed by atoms with Gasteiger partial charge in [0.2, 0.25) is 5.91 Å². The molecule has 2 nitrogen and oxygen atoms in total. The lowest BCUT2D eigenvalue weighted by Gasteiger charge is -2.27. The zero-order valence-electron chi connectivity index (χ0n) is 6.02. The van der Waals surface area contributed by atoms with E-state index in [9.17, 15) is 4.79 Å². The summed E-state index contributed by atoms with van der Waals surface area (Å²) in [7, 11) is -0.890. The van der Waals surface area contributed by atoms with Crippen LogP contribution in [0.5, 0.6) is 0 Å². The Morgan fingerprint density at radius 3 is 2.40 bits per heavy atom. The third-order valence-electron chi connectivity index (χ3n) is 1.51. The molecule has 1 amide bonds. The van der Waals surface area contributed by atoms with Crippen LogP contribution in [0.1, 0.15) is 19.8 Å². The van der Waals surface area contributed by atoms with Crippen LogP contribution in [0.4, 0.5) is 0 Å². The van der Waals surface area contributed by atoms with E-state index in [1.165, 1.54) is 12.8 Å². The molecule has 1 rings (SSSR count). The highest BCUT2D eigenvalue weighted by atomic mass is 79.9. The summed E-state index contributed by atoms with van der Waals surface area (Å²) < 4.78 is 2.98. The van der Waals surface area contributed by atoms with Crippen LogP contribution in [0.3, 0.4) is 0 Å². The summed E-state index contributed by atoms with van der Waals surface area (Å²) in [5, 5.41) is 0. The van der Waals surface area contributed by atoms with Gasteiger partial charge in [-0.15, -0.1) is 8.65 Å². The summed E-state index contributed by atoms with van der Waals surface area (Å²) in [5.41, 5.74) is 0. The molecule has 1 heterocycles. The second-order valence-corrected chi connectivity index (χ2v) is 8.88. The molecule has 4 heteroatoms. The van der Waals surface area contributed by atoms with E-state index in [0.29, 0.717) is 0 Å². The molecule has 1 N–H and O–H groups in total. The Morgan fingerprint density at radius 2 is 2.00 bits per heavy atom. The summed E-state index contributed by atoms with van der Waals surface area (Å²) in [6, 6.07) is 0. The highest BCUT2D eigenvalue weighted by Gasteiger charge is 2.25. The summed E-state index contributed by atoms with van der Waals surface area (Å²) >= 11 is 3.60. The first-order valence-corrected chi connectivity index (χ1v) is 7.20. The number of carbonyl (C=O) groups is 1. The quantitative estimate of drug-likeness (QED) is 0.727. The molecule has 0 radical (unpaired) electrons. The summed E-state index contributed by atoms with van der Waals surface area (Å²) in [5.74, 6) is 2.38. The van der Waals surface area contributed by atoms with Gasteiger partial charge in [0.05, 0.1) is 0 Å². The van der Waals surface area contributed by atoms with Gasteiger partial charge in [-0.3, -0.25) is 4.79 Å². The van der Waals surface area contributed by atoms with Gasteiger partial charge in [-0.2, -0.15) is 0 Å². The number of nitrogens with one attached hydrogen (secondary N) is 1. The van der Waals surface area contributed by atoms with Gasteiger partial charge >= 0.3 is 0 Å². The van der Waals surface area contributed by atoms with Crippen molar-refractivity contribution in [3.05, 3.63) is 0 Å². The van der Waals surface area contributed by atoms with E-state index in [1.54, 1.807) is 6.92 Å². The minimum atomic E-state index is -0.890. The van der Waals surface area contributed by atoms with Crippen LogP contribution in [-0.2, 0) is 4.79 Å². The largest absolute Gasteiger partial charge is 0.309 e. The summed E-state index contributed by atoms with van der Waals surface area (Å²) in [6.45, 7) is 1.58. The highest BCUT2D eigenvalue weighted by molar-refractivity contribution is 9.58. The second-order valence-electron chi connectivity index (χ2n) is 2.56. The van der Waals surface area contributed by atoms with Gasteiger partial charge in [0, 0.05) is 18.4 Å². The number of carbonyl (C=O) groups excluding carboxylic acids is 1. The highest BCUT2D eigenvalue weighted by Crippen LogP contribution is 2.56. The SMILES string of the molecule is CC(=O)NS1(Br)CCCC1. The van der Waals surface area contributed by atoms with E-state index in [4.69, 9.17) is 0 Å². The zero-order valence-corrected chi connectivity index (χ0v) is 8.43. The van der Waals surface area contributed by atoms with Gasteiger partial charge in [0.15, 0.2) is 0 Å². The fraction of sp³-hybridized carbons (Fsp3) is 0.833. The van der Waals surface area contributed by atoms with Crippen molar-refractivity contribution in [1.82, 2.24) is 4.72 Å². The predicted molar refractivity (Wildman–Crippen MR) is 49.3 cm³/mol. The van der Waals surface area contributed by atoms with Crippen LogP contribution in [0, 0.1) is 0 Å². The van der Waals surface area contributed by atoms with Crippen molar-refractivity contribution in [3.8, 4) is 0 Å². The molecule has 10 heavy (non-hydrogen) atoms. The Bertz CT molecular complexity index is 145. The molecule has 0 saturated carbocycles. The van der Waals surface area contributed by atoms with E-state index in [1.807, 2.05) is 0 Å². The van der Waals surface area contributed by atoms with Crippen molar-refractivity contribution in [2.75, 3.05) is 11.5 Å². The van der Waals surface area contributed by atoms with Crippen molar-refractivity contribution in [3.63, 3.8) is 0 Å². The van der Waals surface area contributed by atoms with Gasteiger partial charge in [-0.1, -0.05) is 0 Å². The topological polar surface area (TPSA) is 29.1 Å². The number of amides is 1. The van der Waals surface area contributed by atoms with Gasteiger partial charge < -0.3 is 4.72 Å². The molecular weight excluding hydrogens is 214 g/mol. The average molecular weight is 226 g/mol. The molecule has 60 valence electrons. The van der Waals surface area contributed by atoms with E-state index < -0.39 is 8.65 Å². The maximum Gasteiger partial charge on any atom is 0.226 e. The van der Waals surface area contributed by atoms with Crippen LogP contribution < -0.4 is 4.72 Å². The molecule has 0 aromatic carbocycles. The number of hydrogen-bond donors (Lipinski definition) is 1. The molecule has 0 atom stereocenters. The number of hydrogen-bond acceptors (Lipinski definition) is 1. The normalized spacial score (nSPS) is 25.8. The van der Waals surface area contributed by atoms with Crippen LogP contribution in [0.25, 0.3) is 0 Å². The Hall–Kier alpha value is 0.300. The van der Waals surface area contributed by atoms with E-state index >= 15 is 0 Å². The molecule has 1 aliphatic rings. The van der Waals surface area contributed by atoms with Crippen LogP contribution in [-0.4, -0.2) is 17.4 Å². The fourth-order valence-electron chi connectivity index (χ4n) is 1.12. The van der Waals surface area contributed by atoms with Gasteiger partial charge in [-0.05, 0) is 27.7 Å². The smallest absolute Gasteiger partial charge is 0.226 e. The lowest BCUT2D eigenvalue weighted by Crippen LogP contribution is -2.22. The van der Waals surface area contributed by atoms with Crippen molar-refractivity contribution in [2.45, 2.75) is 19.8 Å². The lowest BCUT2D eigenvalue weighted by atomic mass is 10.4. The Labute approximate surface area is 70.4 Å². The summed E-state index contributed by atoms with van der Waals surface area (Å²) in [4.78, 5) is 10.7. The van der Waals surface area contributed by atoms with Gasteiger partial charge in [0.1, 0.15) is 0 Å². The molecule has 0 aromatic heterocycles. The average Bonchev–Trinajstić information content (AvgIpc) is 2.12. The standard InChI is InChI=1S/C6H12BrNOS/c1-6(9)8-10(7)4-2-3-5-10/h2-5H2,1H3,(H,8,9). The van der Waals surface area contributed by atoms with Crippen molar-refractivity contribution in [2.24, 2.45) is 0 Å². The van der Waals surface area contributed by atoms with Crippen molar-refractivity contribution < 1.29 is 4.79 Å². The maximum atomic E-state index is 10.7. The van der Waals surface area contributed by atoms with Crippen LogP contribution >= 0.6 is 23.5 Å². The third kappa shape index (κ3) is 2.16. The van der Waals surface area contributed by atoms with E-state index in [-0.39, 0.29) is 5.91 Å². The molecule has 0 aliphatic carbocycles. The van der Waals surface area contributed by atoms with Crippen LogP contribution in [0.2, 0.25) is 0 Å². The van der Waals surface area contributed by atoms with Gasteiger partial charge in [-0.25, -0.2) is 0 Å². The molecule has 1 saturated heterocycles. The monoisotopic (exact) mass is 225 g/mol. The second kappa shape index (κ2) is 3.13. The molecule has 1 fully saturated rings. The minimum absolute atomic E-state index is 0.0915. The predicted octanol–water partition coefficient (Wildman–Crippen LogP) is 1.95. The zero-order chi connectivity index (χ0) is 7.61. The molecule has 0 spiro atoms. The number of halogens is 1. The summed E-state index contributed by atoms with van der Waals surface area (Å²) in [6.07, 6.45) is 2.50. The van der Waals surface area contributed by atoms with E-state index in [0.717, 1.165) is 11.5 Å². The lowest BCUT2D eigenvalue weighted by molar-refractivity contribution is -0.117. The molecule has 0 unspecified atom stereocenters. The maximum absolute atomic E-state index is 10.7. The first-order valence-electron chi connectivity index (χ1n) is 3.39. The molecular formula is C6H12BrNOS. The Morgan fingerprint density at radius 1 is 1.50 bits per heavy atom. The minimum Gasteiger partial charge on any atom is -0.309 e. The van der Waals surface area contributed by atoms with E-state index in [2.05, 4.69) is 19.5 Å². The van der Waals surface area contributed by atoms with Crippen LogP contribution in [0.15, 0.2) is 0 Å². The molecule has 0 bridgehead atoms. The first-order chi connectivity index (χ1) is 4.62. The molecule has 0 aromatic rings. The van der Waals surface area contributed by atoms with Crippen molar-refractivity contribution in [1.29, 1.82) is 0 Å². The van der Waals surface area contributed by atoms with Crippen molar-refractivity contribution >= 4 is 29.4 Å². The Kier molecular flexibility index (Phi) is 2.63.